The number of H-pyrrole nitrogens is 2. The summed E-state index contributed by atoms with van der Waals surface area (Å²) in [5, 5.41) is 8.68. The highest BCUT2D eigenvalue weighted by Gasteiger charge is 2.10. The maximum absolute atomic E-state index is 11.8. The molecule has 3 aromatic rings. The Bertz CT molecular complexity index is 757. The van der Waals surface area contributed by atoms with Crippen molar-refractivity contribution in [3.05, 3.63) is 37.8 Å². The first-order chi connectivity index (χ1) is 7.66. The minimum atomic E-state index is -0.0880. The Morgan fingerprint density at radius 3 is 3.00 bits per heavy atom. The molecule has 0 aliphatic carbocycles. The van der Waals surface area contributed by atoms with Gasteiger partial charge in [0.2, 0.25) is 0 Å². The number of hydrogen-bond donors (Lipinski definition) is 2. The van der Waals surface area contributed by atoms with Crippen LogP contribution in [-0.2, 0) is 0 Å². The molecule has 0 atom stereocenters. The van der Waals surface area contributed by atoms with E-state index in [1.54, 1.807) is 0 Å². The van der Waals surface area contributed by atoms with Gasteiger partial charge in [-0.3, -0.25) is 9.89 Å². The Morgan fingerprint density at radius 1 is 1.38 bits per heavy atom. The van der Waals surface area contributed by atoms with Crippen molar-refractivity contribution in [3.63, 3.8) is 0 Å². The van der Waals surface area contributed by atoms with E-state index in [-0.39, 0.29) is 5.56 Å². The molecule has 1 aromatic carbocycles. The first kappa shape index (κ1) is 9.83. The van der Waals surface area contributed by atoms with Crippen LogP contribution < -0.4 is 5.56 Å². The maximum atomic E-state index is 11.8. The van der Waals surface area contributed by atoms with Gasteiger partial charge in [0.1, 0.15) is 5.52 Å². The topological polar surface area (TPSA) is 61.5 Å². The Kier molecular flexibility index (Phi) is 2.03. The Labute approximate surface area is 104 Å². The van der Waals surface area contributed by atoms with Crippen LogP contribution in [0.15, 0.2) is 23.0 Å². The molecule has 80 valence electrons. The van der Waals surface area contributed by atoms with Crippen LogP contribution in [0.1, 0.15) is 5.69 Å². The minimum Gasteiger partial charge on any atom is -0.321 e. The summed E-state index contributed by atoms with van der Waals surface area (Å²) in [5.74, 6) is 0. The molecule has 2 aromatic heterocycles. The van der Waals surface area contributed by atoms with Crippen LogP contribution in [-0.4, -0.2) is 15.2 Å². The first-order valence-electron chi connectivity index (χ1n) is 4.83. The summed E-state index contributed by atoms with van der Waals surface area (Å²) in [4.78, 5) is 14.7. The van der Waals surface area contributed by atoms with Crippen molar-refractivity contribution in [2.24, 2.45) is 0 Å². The van der Waals surface area contributed by atoms with E-state index in [0.717, 1.165) is 25.7 Å². The van der Waals surface area contributed by atoms with Crippen molar-refractivity contribution in [1.82, 2.24) is 15.2 Å². The van der Waals surface area contributed by atoms with Gasteiger partial charge in [-0.05, 0) is 47.7 Å². The van der Waals surface area contributed by atoms with Gasteiger partial charge in [0, 0.05) is 14.7 Å². The highest BCUT2D eigenvalue weighted by molar-refractivity contribution is 14.1. The molecular formula is C11H8IN3O. The van der Waals surface area contributed by atoms with Crippen LogP contribution in [0.3, 0.4) is 0 Å². The summed E-state index contributed by atoms with van der Waals surface area (Å²) >= 11 is 2.25. The number of hydrogen-bond acceptors (Lipinski definition) is 2. The molecule has 4 nitrogen and oxygen atoms in total. The fourth-order valence-corrected chi connectivity index (χ4v) is 2.40. The normalized spacial score (nSPS) is 11.4. The highest BCUT2D eigenvalue weighted by Crippen LogP contribution is 2.22. The van der Waals surface area contributed by atoms with E-state index < -0.39 is 0 Å². The quantitative estimate of drug-likeness (QED) is 0.623. The van der Waals surface area contributed by atoms with Crippen molar-refractivity contribution in [1.29, 1.82) is 0 Å². The Hall–Kier alpha value is -1.37. The largest absolute Gasteiger partial charge is 0.321 e. The van der Waals surface area contributed by atoms with Gasteiger partial charge in [-0.15, -0.1) is 0 Å². The molecule has 2 heterocycles. The van der Waals surface area contributed by atoms with E-state index in [9.17, 15) is 4.79 Å². The fourth-order valence-electron chi connectivity index (χ4n) is 1.91. The predicted octanol–water partition coefficient (Wildman–Crippen LogP) is 2.32. The maximum Gasteiger partial charge on any atom is 0.259 e. The Balaban J connectivity index is 2.67. The van der Waals surface area contributed by atoms with Crippen LogP contribution in [0.25, 0.3) is 21.8 Å². The second-order valence-electron chi connectivity index (χ2n) is 3.72. The van der Waals surface area contributed by atoms with Crippen LogP contribution in [0.4, 0.5) is 0 Å². The molecule has 0 spiro atoms. The van der Waals surface area contributed by atoms with Gasteiger partial charge in [0.05, 0.1) is 10.9 Å². The van der Waals surface area contributed by atoms with Gasteiger partial charge in [-0.1, -0.05) is 0 Å². The lowest BCUT2D eigenvalue weighted by atomic mass is 10.1. The molecule has 0 aliphatic rings. The minimum absolute atomic E-state index is 0.0880. The fraction of sp³-hybridized carbons (Fsp3) is 0.0909. The predicted molar refractivity (Wildman–Crippen MR) is 71.7 cm³/mol. The molecular weight excluding hydrogens is 317 g/mol. The van der Waals surface area contributed by atoms with E-state index in [2.05, 4.69) is 37.8 Å². The van der Waals surface area contributed by atoms with Crippen molar-refractivity contribution < 1.29 is 0 Å². The second-order valence-corrected chi connectivity index (χ2v) is 4.96. The standard InChI is InChI=1S/C11H8IN3O/c1-5-9-10(15-14-5)7-4-6(12)2-3-8(7)13-11(9)16/h2-4H,1H3,(H,13,16)(H,14,15). The summed E-state index contributed by atoms with van der Waals surface area (Å²) < 4.78 is 1.12. The number of aromatic amines is 2. The lowest BCUT2D eigenvalue weighted by Crippen LogP contribution is -2.06. The number of pyridine rings is 1. The third kappa shape index (κ3) is 1.27. The average Bonchev–Trinajstić information content (AvgIpc) is 2.63. The van der Waals surface area contributed by atoms with Gasteiger partial charge in [0.25, 0.3) is 5.56 Å². The summed E-state index contributed by atoms with van der Waals surface area (Å²) in [6.45, 7) is 1.85. The molecule has 0 unspecified atom stereocenters. The summed E-state index contributed by atoms with van der Waals surface area (Å²) in [6, 6.07) is 5.89. The lowest BCUT2D eigenvalue weighted by Gasteiger charge is -1.99. The molecule has 5 heteroatoms. The molecule has 0 fully saturated rings. The van der Waals surface area contributed by atoms with Gasteiger partial charge in [-0.25, -0.2) is 0 Å². The number of nitrogens with one attached hydrogen (secondary N) is 2. The van der Waals surface area contributed by atoms with Crippen LogP contribution in [0.5, 0.6) is 0 Å². The van der Waals surface area contributed by atoms with E-state index in [4.69, 9.17) is 0 Å². The number of rotatable bonds is 0. The zero-order valence-electron chi connectivity index (χ0n) is 8.47. The average molecular weight is 325 g/mol. The highest BCUT2D eigenvalue weighted by atomic mass is 127. The van der Waals surface area contributed by atoms with Crippen LogP contribution in [0, 0.1) is 10.5 Å². The molecule has 3 rings (SSSR count). The molecule has 0 radical (unpaired) electrons. The van der Waals surface area contributed by atoms with Gasteiger partial charge in [-0.2, -0.15) is 5.10 Å². The molecule has 0 amide bonds. The number of fused-ring (bicyclic) bond motifs is 3. The van der Waals surface area contributed by atoms with Crippen molar-refractivity contribution in [3.8, 4) is 0 Å². The molecule has 0 saturated heterocycles. The third-order valence-corrected chi connectivity index (χ3v) is 3.33. The summed E-state index contributed by atoms with van der Waals surface area (Å²) in [6.07, 6.45) is 0. The first-order valence-corrected chi connectivity index (χ1v) is 5.91. The van der Waals surface area contributed by atoms with Gasteiger partial charge >= 0.3 is 0 Å². The molecule has 16 heavy (non-hydrogen) atoms. The number of halogens is 1. The smallest absolute Gasteiger partial charge is 0.259 e. The lowest BCUT2D eigenvalue weighted by molar-refractivity contribution is 1.07. The monoisotopic (exact) mass is 325 g/mol. The van der Waals surface area contributed by atoms with Crippen LogP contribution in [0.2, 0.25) is 0 Å². The van der Waals surface area contributed by atoms with Crippen molar-refractivity contribution in [2.75, 3.05) is 0 Å². The van der Waals surface area contributed by atoms with E-state index in [0.29, 0.717) is 5.39 Å². The van der Waals surface area contributed by atoms with Crippen molar-refractivity contribution in [2.45, 2.75) is 6.92 Å². The van der Waals surface area contributed by atoms with Gasteiger partial charge < -0.3 is 4.98 Å². The number of aromatic nitrogens is 3. The summed E-state index contributed by atoms with van der Waals surface area (Å²) in [5.41, 5.74) is 2.28. The number of benzene rings is 1. The van der Waals surface area contributed by atoms with E-state index >= 15 is 0 Å². The molecule has 2 N–H and O–H groups in total. The second kappa shape index (κ2) is 3.31. The Morgan fingerprint density at radius 2 is 2.19 bits per heavy atom. The number of aryl methyl sites for hydroxylation is 1. The van der Waals surface area contributed by atoms with E-state index in [1.165, 1.54) is 0 Å². The van der Waals surface area contributed by atoms with Crippen molar-refractivity contribution >= 4 is 44.4 Å². The number of nitrogens with zero attached hydrogens (tertiary/aromatic N) is 1. The zero-order chi connectivity index (χ0) is 11.3. The zero-order valence-corrected chi connectivity index (χ0v) is 10.6. The van der Waals surface area contributed by atoms with Gasteiger partial charge in [0.15, 0.2) is 0 Å². The molecule has 0 saturated carbocycles. The SMILES string of the molecule is Cc1[nH]nc2c1c(=O)[nH]c1ccc(I)cc12. The summed E-state index contributed by atoms with van der Waals surface area (Å²) in [7, 11) is 0. The third-order valence-electron chi connectivity index (χ3n) is 2.66. The van der Waals surface area contributed by atoms with Crippen LogP contribution >= 0.6 is 22.6 Å². The molecule has 0 bridgehead atoms. The molecule has 0 aliphatic heterocycles. The van der Waals surface area contributed by atoms with E-state index in [1.807, 2.05) is 25.1 Å².